The molecule has 1 heterocycles. The molecule has 0 aromatic rings. The summed E-state index contributed by atoms with van der Waals surface area (Å²) in [7, 11) is -3.38. The van der Waals surface area contributed by atoms with Gasteiger partial charge in [0, 0.05) is 13.1 Å². The monoisotopic (exact) mass is 230 g/mol. The Morgan fingerprint density at radius 3 is 2.80 bits per heavy atom. The minimum Gasteiger partial charge on any atom is -0.211 e. The summed E-state index contributed by atoms with van der Waals surface area (Å²) in [5, 5.41) is 7.75. The molecule has 0 amide bonds. The first-order valence-corrected chi connectivity index (χ1v) is 6.91. The van der Waals surface area contributed by atoms with E-state index in [-0.39, 0.29) is 0 Å². The number of piperidine rings is 1. The highest BCUT2D eigenvalue weighted by molar-refractivity contribution is 7.89. The molecule has 0 saturated carbocycles. The van der Waals surface area contributed by atoms with Gasteiger partial charge >= 0.3 is 0 Å². The SMILES string of the molecule is CCC1CCCN(S(=O)(=O)C(C)C#N)C1. The highest BCUT2D eigenvalue weighted by Crippen LogP contribution is 2.23. The maximum absolute atomic E-state index is 11.9. The molecule has 0 spiro atoms. The molecule has 4 nitrogen and oxygen atoms in total. The molecule has 1 saturated heterocycles. The molecule has 2 unspecified atom stereocenters. The van der Waals surface area contributed by atoms with Gasteiger partial charge in [-0.15, -0.1) is 0 Å². The summed E-state index contributed by atoms with van der Waals surface area (Å²) in [6.45, 7) is 4.69. The van der Waals surface area contributed by atoms with Crippen LogP contribution in [0.3, 0.4) is 0 Å². The topological polar surface area (TPSA) is 61.2 Å². The van der Waals surface area contributed by atoms with E-state index in [2.05, 4.69) is 6.92 Å². The molecule has 0 N–H and O–H groups in total. The van der Waals surface area contributed by atoms with E-state index in [0.29, 0.717) is 19.0 Å². The van der Waals surface area contributed by atoms with Crippen LogP contribution in [0.5, 0.6) is 0 Å². The third-order valence-electron chi connectivity index (χ3n) is 3.05. The van der Waals surface area contributed by atoms with E-state index >= 15 is 0 Å². The molecule has 2 atom stereocenters. The van der Waals surface area contributed by atoms with Crippen molar-refractivity contribution in [1.82, 2.24) is 4.31 Å². The molecule has 0 radical (unpaired) electrons. The Balaban J connectivity index is 2.76. The number of nitrogens with zero attached hydrogens (tertiary/aromatic N) is 2. The summed E-state index contributed by atoms with van der Waals surface area (Å²) >= 11 is 0. The van der Waals surface area contributed by atoms with Gasteiger partial charge in [-0.25, -0.2) is 12.7 Å². The largest absolute Gasteiger partial charge is 0.230 e. The number of hydrogen-bond acceptors (Lipinski definition) is 3. The molecule has 0 aromatic heterocycles. The Morgan fingerprint density at radius 2 is 2.27 bits per heavy atom. The van der Waals surface area contributed by atoms with Gasteiger partial charge in [-0.05, 0) is 25.7 Å². The van der Waals surface area contributed by atoms with Crippen LogP contribution in [0.25, 0.3) is 0 Å². The van der Waals surface area contributed by atoms with Crippen LogP contribution < -0.4 is 0 Å². The average molecular weight is 230 g/mol. The van der Waals surface area contributed by atoms with Crippen LogP contribution in [0.2, 0.25) is 0 Å². The third kappa shape index (κ3) is 2.70. The lowest BCUT2D eigenvalue weighted by Gasteiger charge is -2.31. The number of sulfonamides is 1. The number of hydrogen-bond donors (Lipinski definition) is 0. The maximum Gasteiger partial charge on any atom is 0.230 e. The number of rotatable bonds is 3. The van der Waals surface area contributed by atoms with Crippen molar-refractivity contribution in [3.8, 4) is 6.07 Å². The zero-order chi connectivity index (χ0) is 11.5. The normalized spacial score (nSPS) is 25.8. The van der Waals surface area contributed by atoms with Crippen molar-refractivity contribution >= 4 is 10.0 Å². The quantitative estimate of drug-likeness (QED) is 0.735. The van der Waals surface area contributed by atoms with E-state index in [1.807, 2.05) is 0 Å². The van der Waals surface area contributed by atoms with E-state index in [9.17, 15) is 8.42 Å². The highest BCUT2D eigenvalue weighted by atomic mass is 32.2. The lowest BCUT2D eigenvalue weighted by Crippen LogP contribution is -2.43. The fraction of sp³-hybridized carbons (Fsp3) is 0.900. The van der Waals surface area contributed by atoms with Crippen molar-refractivity contribution in [3.63, 3.8) is 0 Å². The predicted molar refractivity (Wildman–Crippen MR) is 58.6 cm³/mol. The second kappa shape index (κ2) is 4.95. The lowest BCUT2D eigenvalue weighted by molar-refractivity contribution is 0.261. The van der Waals surface area contributed by atoms with Crippen LogP contribution in [-0.2, 0) is 10.0 Å². The average Bonchev–Trinajstić information content (AvgIpc) is 2.27. The van der Waals surface area contributed by atoms with Gasteiger partial charge in [-0.1, -0.05) is 13.3 Å². The minimum absolute atomic E-state index is 0.458. The lowest BCUT2D eigenvalue weighted by atomic mass is 9.97. The Morgan fingerprint density at radius 1 is 1.60 bits per heavy atom. The van der Waals surface area contributed by atoms with Gasteiger partial charge in [0.05, 0.1) is 6.07 Å². The fourth-order valence-electron chi connectivity index (χ4n) is 1.88. The van der Waals surface area contributed by atoms with Crippen LogP contribution >= 0.6 is 0 Å². The summed E-state index contributed by atoms with van der Waals surface area (Å²) in [4.78, 5) is 0. The highest BCUT2D eigenvalue weighted by Gasteiger charge is 2.32. The molecule has 1 aliphatic heterocycles. The van der Waals surface area contributed by atoms with Crippen molar-refractivity contribution in [3.05, 3.63) is 0 Å². The molecule has 1 fully saturated rings. The van der Waals surface area contributed by atoms with Gasteiger partial charge in [-0.2, -0.15) is 5.26 Å². The van der Waals surface area contributed by atoms with Gasteiger partial charge < -0.3 is 0 Å². The second-order valence-electron chi connectivity index (χ2n) is 4.09. The van der Waals surface area contributed by atoms with E-state index in [4.69, 9.17) is 5.26 Å². The smallest absolute Gasteiger partial charge is 0.211 e. The summed E-state index contributed by atoms with van der Waals surface area (Å²) < 4.78 is 25.2. The summed E-state index contributed by atoms with van der Waals surface area (Å²) in [6.07, 6.45) is 3.02. The Kier molecular flexibility index (Phi) is 4.12. The van der Waals surface area contributed by atoms with Crippen molar-refractivity contribution in [2.75, 3.05) is 13.1 Å². The molecule has 1 aliphatic rings. The molecule has 0 aromatic carbocycles. The van der Waals surface area contributed by atoms with E-state index in [0.717, 1.165) is 19.3 Å². The third-order valence-corrected chi connectivity index (χ3v) is 5.10. The first-order valence-electron chi connectivity index (χ1n) is 5.41. The Labute approximate surface area is 91.9 Å². The van der Waals surface area contributed by atoms with Crippen LogP contribution in [-0.4, -0.2) is 31.1 Å². The standard InChI is InChI=1S/C10H18N2O2S/c1-3-10-5-4-6-12(8-10)15(13,14)9(2)7-11/h9-10H,3-6,8H2,1-2H3. The van der Waals surface area contributed by atoms with Crippen molar-refractivity contribution in [2.24, 2.45) is 5.92 Å². The summed E-state index contributed by atoms with van der Waals surface area (Å²) in [5.74, 6) is 0.458. The van der Waals surface area contributed by atoms with Gasteiger partial charge in [0.15, 0.2) is 5.25 Å². The molecule has 5 heteroatoms. The summed E-state index contributed by atoms with van der Waals surface area (Å²) in [6, 6.07) is 1.81. The van der Waals surface area contributed by atoms with Crippen LogP contribution in [0, 0.1) is 17.2 Å². The van der Waals surface area contributed by atoms with Gasteiger partial charge in [0.25, 0.3) is 0 Å². The van der Waals surface area contributed by atoms with Crippen LogP contribution in [0.4, 0.5) is 0 Å². The fourth-order valence-corrected chi connectivity index (χ4v) is 3.26. The molecule has 86 valence electrons. The first kappa shape index (κ1) is 12.5. The molecular formula is C10H18N2O2S. The van der Waals surface area contributed by atoms with Crippen LogP contribution in [0.1, 0.15) is 33.1 Å². The maximum atomic E-state index is 11.9. The minimum atomic E-state index is -3.38. The van der Waals surface area contributed by atoms with Gasteiger partial charge in [0.2, 0.25) is 10.0 Å². The zero-order valence-electron chi connectivity index (χ0n) is 9.31. The Bertz CT molecular complexity index is 345. The summed E-state index contributed by atoms with van der Waals surface area (Å²) in [5.41, 5.74) is 0. The van der Waals surface area contributed by atoms with Gasteiger partial charge in [-0.3, -0.25) is 0 Å². The zero-order valence-corrected chi connectivity index (χ0v) is 10.1. The van der Waals surface area contributed by atoms with Crippen molar-refractivity contribution in [2.45, 2.75) is 38.4 Å². The van der Waals surface area contributed by atoms with Crippen LogP contribution in [0.15, 0.2) is 0 Å². The van der Waals surface area contributed by atoms with E-state index in [1.165, 1.54) is 11.2 Å². The molecule has 1 rings (SSSR count). The molecule has 15 heavy (non-hydrogen) atoms. The van der Waals surface area contributed by atoms with Crippen molar-refractivity contribution < 1.29 is 8.42 Å². The molecule has 0 aliphatic carbocycles. The predicted octanol–water partition coefficient (Wildman–Crippen LogP) is 1.35. The number of nitriles is 1. The molecular weight excluding hydrogens is 212 g/mol. The molecule has 0 bridgehead atoms. The van der Waals surface area contributed by atoms with E-state index < -0.39 is 15.3 Å². The van der Waals surface area contributed by atoms with Crippen molar-refractivity contribution in [1.29, 1.82) is 5.26 Å². The Hall–Kier alpha value is -0.600. The van der Waals surface area contributed by atoms with Gasteiger partial charge in [0.1, 0.15) is 0 Å². The van der Waals surface area contributed by atoms with E-state index in [1.54, 1.807) is 6.07 Å². The first-order chi connectivity index (χ1) is 7.02. The second-order valence-corrected chi connectivity index (χ2v) is 6.34.